The van der Waals surface area contributed by atoms with Crippen LogP contribution in [0.4, 0.5) is 9.93 Å². The van der Waals surface area contributed by atoms with Crippen LogP contribution in [0.1, 0.15) is 27.2 Å². The number of fused-ring (bicyclic) bond motifs is 2. The SMILES string of the molecule is CN1C(=O)C2C(SCC(=O)Nc3nc4ccccc4s3)=NC(CC(C)(C)C)=NC2=[N+](C)C1=O. The number of nitrogens with one attached hydrogen (secondary N) is 1. The number of carbonyl (C=O) groups is 3. The highest BCUT2D eigenvalue weighted by Gasteiger charge is 2.49. The van der Waals surface area contributed by atoms with Crippen LogP contribution in [-0.4, -0.2) is 68.9 Å². The predicted molar refractivity (Wildman–Crippen MR) is 132 cm³/mol. The van der Waals surface area contributed by atoms with Crippen molar-refractivity contribution in [3.05, 3.63) is 24.3 Å². The summed E-state index contributed by atoms with van der Waals surface area (Å²) >= 11 is 2.59. The lowest BCUT2D eigenvalue weighted by Gasteiger charge is -2.27. The number of para-hydroxylation sites is 1. The number of hydrogen-bond donors (Lipinski definition) is 1. The van der Waals surface area contributed by atoms with Crippen molar-refractivity contribution in [2.24, 2.45) is 21.3 Å². The molecule has 0 bridgehead atoms. The molecule has 1 N–H and O–H groups in total. The maximum absolute atomic E-state index is 12.9. The van der Waals surface area contributed by atoms with Crippen LogP contribution in [0.5, 0.6) is 0 Å². The first kappa shape index (κ1) is 23.2. The van der Waals surface area contributed by atoms with Gasteiger partial charge in [-0.15, -0.1) is 0 Å². The van der Waals surface area contributed by atoms with Gasteiger partial charge in [0.05, 0.1) is 30.1 Å². The summed E-state index contributed by atoms with van der Waals surface area (Å²) in [6, 6.07) is 7.22. The maximum Gasteiger partial charge on any atom is 0.445 e. The van der Waals surface area contributed by atoms with Crippen molar-refractivity contribution in [2.75, 3.05) is 25.2 Å². The van der Waals surface area contributed by atoms with E-state index in [2.05, 4.69) is 41.1 Å². The van der Waals surface area contributed by atoms with Crippen molar-refractivity contribution in [3.63, 3.8) is 0 Å². The number of carbonyl (C=O) groups excluding carboxylic acids is 3. The number of aromatic nitrogens is 1. The molecule has 2 aliphatic heterocycles. The number of thioether (sulfide) groups is 1. The van der Waals surface area contributed by atoms with E-state index in [1.807, 2.05) is 24.3 Å². The van der Waals surface area contributed by atoms with Gasteiger partial charge in [0.1, 0.15) is 5.04 Å². The van der Waals surface area contributed by atoms with Crippen LogP contribution in [0.3, 0.4) is 0 Å². The summed E-state index contributed by atoms with van der Waals surface area (Å²) in [5.41, 5.74) is 0.737. The Bertz CT molecular complexity index is 1220. The molecule has 4 amide bonds. The molecule has 1 unspecified atom stereocenters. The first-order valence-corrected chi connectivity index (χ1v) is 12.2. The molecule has 2 aromatic rings. The van der Waals surface area contributed by atoms with Crippen molar-refractivity contribution in [3.8, 4) is 0 Å². The normalized spacial score (nSPS) is 18.9. The van der Waals surface area contributed by atoms with E-state index in [9.17, 15) is 14.4 Å². The Labute approximate surface area is 199 Å². The topological polar surface area (TPSA) is 107 Å². The van der Waals surface area contributed by atoms with Crippen molar-refractivity contribution in [1.82, 2.24) is 9.88 Å². The van der Waals surface area contributed by atoms with Gasteiger partial charge in [-0.2, -0.15) is 9.48 Å². The Hall–Kier alpha value is -2.92. The number of rotatable bonds is 4. The molecule has 33 heavy (non-hydrogen) atoms. The molecule has 0 radical (unpaired) electrons. The van der Waals surface area contributed by atoms with E-state index in [4.69, 9.17) is 0 Å². The highest BCUT2D eigenvalue weighted by molar-refractivity contribution is 8.14. The second-order valence-electron chi connectivity index (χ2n) is 9.07. The van der Waals surface area contributed by atoms with Crippen LogP contribution >= 0.6 is 23.1 Å². The van der Waals surface area contributed by atoms with Gasteiger partial charge >= 0.3 is 11.9 Å². The molecule has 11 heteroatoms. The zero-order chi connectivity index (χ0) is 23.9. The Morgan fingerprint density at radius 1 is 1.24 bits per heavy atom. The zero-order valence-electron chi connectivity index (χ0n) is 19.1. The fourth-order valence-corrected chi connectivity index (χ4v) is 5.29. The summed E-state index contributed by atoms with van der Waals surface area (Å²) in [5, 5.41) is 3.81. The van der Waals surface area contributed by atoms with Gasteiger partial charge in [0.25, 0.3) is 5.84 Å². The molecule has 1 aromatic heterocycles. The first-order valence-electron chi connectivity index (χ1n) is 10.4. The number of amidine groups is 2. The second-order valence-corrected chi connectivity index (χ2v) is 11.1. The molecule has 0 aliphatic carbocycles. The number of amides is 4. The molecule has 172 valence electrons. The van der Waals surface area contributed by atoms with E-state index in [-0.39, 0.29) is 17.1 Å². The summed E-state index contributed by atoms with van der Waals surface area (Å²) in [6.45, 7) is 6.19. The summed E-state index contributed by atoms with van der Waals surface area (Å²) < 4.78 is 2.37. The summed E-state index contributed by atoms with van der Waals surface area (Å²) in [7, 11) is 3.04. The minimum absolute atomic E-state index is 0.0516. The van der Waals surface area contributed by atoms with E-state index >= 15 is 0 Å². The molecule has 1 aromatic carbocycles. The van der Waals surface area contributed by atoms with Gasteiger partial charge in [0.15, 0.2) is 11.0 Å². The van der Waals surface area contributed by atoms with Crippen LogP contribution in [0, 0.1) is 11.3 Å². The lowest BCUT2D eigenvalue weighted by atomic mass is 9.91. The summed E-state index contributed by atoms with van der Waals surface area (Å²) in [5.74, 6) is -0.502. The monoisotopic (exact) mass is 485 g/mol. The zero-order valence-corrected chi connectivity index (χ0v) is 20.7. The minimum atomic E-state index is -0.804. The van der Waals surface area contributed by atoms with Gasteiger partial charge in [0.2, 0.25) is 11.7 Å². The molecular formula is C22H25N6O3S2+. The van der Waals surface area contributed by atoms with Crippen molar-refractivity contribution < 1.29 is 19.0 Å². The van der Waals surface area contributed by atoms with Crippen molar-refractivity contribution in [1.29, 1.82) is 0 Å². The molecule has 4 rings (SSSR count). The lowest BCUT2D eigenvalue weighted by molar-refractivity contribution is -0.407. The standard InChI is InChI=1S/C22H24N6O3S2/c1-22(2,3)10-14-24-17-16(19(30)28(5)21(31)27(17)4)18(25-14)32-11-15(29)26-20-23-12-8-6-7-9-13(12)33-20/h6-9,16H,10-11H2,1-5H3/p+1. The maximum atomic E-state index is 12.9. The van der Waals surface area contributed by atoms with Crippen LogP contribution in [-0.2, 0) is 9.59 Å². The number of nitrogens with zero attached hydrogens (tertiary/aromatic N) is 5. The number of aliphatic imine (C=N–C) groups is 2. The summed E-state index contributed by atoms with van der Waals surface area (Å²) in [6.07, 6.45) is 0.567. The fraction of sp³-hybridized carbons (Fsp3) is 0.409. The third kappa shape index (κ3) is 4.88. The molecule has 0 saturated heterocycles. The largest absolute Gasteiger partial charge is 0.445 e. The predicted octanol–water partition coefficient (Wildman–Crippen LogP) is 3.46. The van der Waals surface area contributed by atoms with Crippen molar-refractivity contribution in [2.45, 2.75) is 27.2 Å². The van der Waals surface area contributed by atoms with Gasteiger partial charge in [0, 0.05) is 6.42 Å². The Balaban J connectivity index is 1.56. The van der Waals surface area contributed by atoms with E-state index in [0.29, 0.717) is 28.3 Å². The van der Waals surface area contributed by atoms with Gasteiger partial charge in [-0.25, -0.2) is 14.8 Å². The molecular weight excluding hydrogens is 460 g/mol. The highest BCUT2D eigenvalue weighted by atomic mass is 32.2. The number of imide groups is 1. The minimum Gasteiger partial charge on any atom is -0.301 e. The quantitative estimate of drug-likeness (QED) is 0.668. The van der Waals surface area contributed by atoms with E-state index in [1.165, 1.54) is 34.7 Å². The average molecular weight is 486 g/mol. The average Bonchev–Trinajstić information content (AvgIpc) is 3.15. The Morgan fingerprint density at radius 2 is 1.97 bits per heavy atom. The van der Waals surface area contributed by atoms with Gasteiger partial charge < -0.3 is 5.32 Å². The molecule has 0 saturated carbocycles. The second kappa shape index (κ2) is 8.79. The fourth-order valence-electron chi connectivity index (χ4n) is 3.51. The van der Waals surface area contributed by atoms with Gasteiger partial charge in [-0.05, 0) is 17.5 Å². The van der Waals surface area contributed by atoms with Gasteiger partial charge in [-0.1, -0.05) is 61.0 Å². The smallest absolute Gasteiger partial charge is 0.301 e. The van der Waals surface area contributed by atoms with Crippen LogP contribution in [0.15, 0.2) is 34.3 Å². The van der Waals surface area contributed by atoms with E-state index in [1.54, 1.807) is 7.05 Å². The van der Waals surface area contributed by atoms with Crippen LogP contribution < -0.4 is 5.32 Å². The van der Waals surface area contributed by atoms with E-state index in [0.717, 1.165) is 15.1 Å². The molecule has 1 atom stereocenters. The number of anilines is 1. The number of thiazole rings is 1. The third-order valence-corrected chi connectivity index (χ3v) is 7.04. The first-order chi connectivity index (χ1) is 15.5. The highest BCUT2D eigenvalue weighted by Crippen LogP contribution is 2.29. The lowest BCUT2D eigenvalue weighted by Crippen LogP contribution is -2.54. The number of hydrogen-bond acceptors (Lipinski definition) is 8. The number of benzene rings is 1. The van der Waals surface area contributed by atoms with Crippen LogP contribution in [0.25, 0.3) is 10.2 Å². The van der Waals surface area contributed by atoms with Gasteiger partial charge in [-0.3, -0.25) is 9.59 Å². The molecule has 0 fully saturated rings. The number of urea groups is 1. The molecule has 3 heterocycles. The van der Waals surface area contributed by atoms with Crippen LogP contribution in [0.2, 0.25) is 0 Å². The van der Waals surface area contributed by atoms with E-state index < -0.39 is 17.9 Å². The third-order valence-electron chi connectivity index (χ3n) is 5.06. The molecule has 0 spiro atoms. The Kier molecular flexibility index (Phi) is 6.19. The summed E-state index contributed by atoms with van der Waals surface area (Å²) in [4.78, 5) is 52.7. The Morgan fingerprint density at radius 3 is 2.67 bits per heavy atom. The molecule has 9 nitrogen and oxygen atoms in total. The van der Waals surface area contributed by atoms with Crippen molar-refractivity contribution >= 4 is 73.0 Å². The molecule has 2 aliphatic rings.